The molecule has 210 valence electrons. The molecule has 0 aliphatic heterocycles. The van der Waals surface area contributed by atoms with Crippen molar-refractivity contribution in [3.05, 3.63) is 29.6 Å². The van der Waals surface area contributed by atoms with Crippen LogP contribution in [0.3, 0.4) is 0 Å². The Kier molecular flexibility index (Phi) is 19.2. The van der Waals surface area contributed by atoms with Crippen LogP contribution < -0.4 is 0 Å². The lowest BCUT2D eigenvalue weighted by Crippen LogP contribution is -2.05. The minimum atomic E-state index is -2.27. The largest absolute Gasteiger partial charge is 0.323 e. The lowest BCUT2D eigenvalue weighted by molar-refractivity contribution is 0.564. The molecule has 36 heavy (non-hydrogen) atoms. The third-order valence-electron chi connectivity index (χ3n) is 7.44. The molecule has 0 atom stereocenters. The zero-order valence-corrected chi connectivity index (χ0v) is 26.2. The monoisotopic (exact) mass is 539 g/mol. The van der Waals surface area contributed by atoms with Crippen molar-refractivity contribution in [3.8, 4) is 0 Å². The summed E-state index contributed by atoms with van der Waals surface area (Å²) in [6.07, 6.45) is 23.5. The van der Waals surface area contributed by atoms with Gasteiger partial charge in [0.2, 0.25) is 0 Å². The van der Waals surface area contributed by atoms with Crippen LogP contribution in [0, 0.1) is 0 Å². The molecule has 1 aromatic rings. The Morgan fingerprint density at radius 2 is 0.806 bits per heavy atom. The average Bonchev–Trinajstić information content (AvgIpc) is 2.85. The standard InChI is InChI=1S/C31H59NO2P2/c1-5-9-13-17-24-35(33,25-18-14-10-6-2)28-30-22-21-23-31(32-30)29-36(34,26-19-15-11-7-3)27-20-16-12-8-4/h21-23H,5-20,24-29H2,1-4H3. The van der Waals surface area contributed by atoms with Crippen LogP contribution in [0.15, 0.2) is 18.2 Å². The van der Waals surface area contributed by atoms with Gasteiger partial charge in [0, 0.05) is 48.4 Å². The number of rotatable bonds is 24. The van der Waals surface area contributed by atoms with E-state index in [1.807, 2.05) is 0 Å². The van der Waals surface area contributed by atoms with Crippen LogP contribution in [0.5, 0.6) is 0 Å². The third-order valence-corrected chi connectivity index (χ3v) is 13.8. The van der Waals surface area contributed by atoms with Gasteiger partial charge in [-0.3, -0.25) is 4.98 Å². The molecule has 0 saturated heterocycles. The maximum absolute atomic E-state index is 14.0. The second-order valence-corrected chi connectivity index (χ2v) is 17.8. The maximum atomic E-state index is 14.0. The van der Waals surface area contributed by atoms with E-state index in [2.05, 4.69) is 45.9 Å². The topological polar surface area (TPSA) is 47.0 Å². The highest BCUT2D eigenvalue weighted by Crippen LogP contribution is 2.52. The predicted octanol–water partition coefficient (Wildman–Crippen LogP) is 11.1. The molecule has 0 fully saturated rings. The van der Waals surface area contributed by atoms with E-state index >= 15 is 0 Å². The normalized spacial score (nSPS) is 12.3. The third kappa shape index (κ3) is 15.8. The number of pyridine rings is 1. The molecule has 1 heterocycles. The highest BCUT2D eigenvalue weighted by atomic mass is 31.2. The van der Waals surface area contributed by atoms with Crippen molar-refractivity contribution in [2.75, 3.05) is 24.6 Å². The van der Waals surface area contributed by atoms with E-state index in [-0.39, 0.29) is 0 Å². The molecule has 0 spiro atoms. The summed E-state index contributed by atoms with van der Waals surface area (Å²) in [7, 11) is -4.55. The number of hydrogen-bond acceptors (Lipinski definition) is 3. The van der Waals surface area contributed by atoms with Crippen LogP contribution in [-0.2, 0) is 21.5 Å². The number of aromatic nitrogens is 1. The first-order valence-corrected chi connectivity index (χ1v) is 20.0. The molecule has 0 aliphatic carbocycles. The predicted molar refractivity (Wildman–Crippen MR) is 163 cm³/mol. The SMILES string of the molecule is CCCCCCP(=O)(CCCCCC)Cc1cccc(CP(=O)(CCCCCC)CCCCCC)n1. The van der Waals surface area contributed by atoms with Crippen molar-refractivity contribution in [2.45, 2.75) is 143 Å². The highest BCUT2D eigenvalue weighted by Gasteiger charge is 2.25. The fourth-order valence-electron chi connectivity index (χ4n) is 5.14. The molecule has 0 saturated carbocycles. The molecule has 0 radical (unpaired) electrons. The molecule has 0 aromatic carbocycles. The molecule has 1 rings (SSSR count). The fourth-order valence-corrected chi connectivity index (χ4v) is 11.0. The molecule has 0 unspecified atom stereocenters. The summed E-state index contributed by atoms with van der Waals surface area (Å²) < 4.78 is 28.0. The smallest absolute Gasteiger partial charge is 0.0934 e. The Morgan fingerprint density at radius 1 is 0.500 bits per heavy atom. The van der Waals surface area contributed by atoms with E-state index in [1.165, 1.54) is 77.0 Å². The van der Waals surface area contributed by atoms with E-state index in [1.54, 1.807) is 0 Å². The summed E-state index contributed by atoms with van der Waals surface area (Å²) in [5.41, 5.74) is 1.93. The van der Waals surface area contributed by atoms with Crippen LogP contribution in [0.2, 0.25) is 0 Å². The number of nitrogens with zero attached hydrogens (tertiary/aromatic N) is 1. The van der Waals surface area contributed by atoms with Gasteiger partial charge in [-0.2, -0.15) is 0 Å². The molecule has 0 bridgehead atoms. The van der Waals surface area contributed by atoms with Crippen molar-refractivity contribution in [1.29, 1.82) is 0 Å². The summed E-state index contributed by atoms with van der Waals surface area (Å²) in [5.74, 6) is 0. The summed E-state index contributed by atoms with van der Waals surface area (Å²) in [4.78, 5) is 4.98. The van der Waals surface area contributed by atoms with Gasteiger partial charge < -0.3 is 9.13 Å². The van der Waals surface area contributed by atoms with E-state index in [0.717, 1.165) is 61.7 Å². The second kappa shape index (κ2) is 20.6. The van der Waals surface area contributed by atoms with E-state index in [9.17, 15) is 9.13 Å². The highest BCUT2D eigenvalue weighted by molar-refractivity contribution is 7.63. The number of hydrogen-bond donors (Lipinski definition) is 0. The molecule has 0 aliphatic rings. The fraction of sp³-hybridized carbons (Fsp3) is 0.839. The van der Waals surface area contributed by atoms with Gasteiger partial charge in [0.15, 0.2) is 0 Å². The Bertz CT molecular complexity index is 673. The zero-order chi connectivity index (χ0) is 26.5. The van der Waals surface area contributed by atoms with Crippen LogP contribution in [-0.4, -0.2) is 29.6 Å². The first-order chi connectivity index (χ1) is 17.4. The van der Waals surface area contributed by atoms with Crippen molar-refractivity contribution in [3.63, 3.8) is 0 Å². The maximum Gasteiger partial charge on any atom is 0.0934 e. The zero-order valence-electron chi connectivity index (χ0n) is 24.4. The first-order valence-electron chi connectivity index (χ1n) is 15.5. The molecule has 5 heteroatoms. The van der Waals surface area contributed by atoms with Crippen molar-refractivity contribution < 1.29 is 9.13 Å². The van der Waals surface area contributed by atoms with E-state index in [0.29, 0.717) is 12.3 Å². The van der Waals surface area contributed by atoms with Gasteiger partial charge in [-0.05, 0) is 37.8 Å². The van der Waals surface area contributed by atoms with Gasteiger partial charge >= 0.3 is 0 Å². The van der Waals surface area contributed by atoms with Crippen molar-refractivity contribution in [1.82, 2.24) is 4.98 Å². The molecule has 0 N–H and O–H groups in total. The van der Waals surface area contributed by atoms with Crippen LogP contribution >= 0.6 is 14.3 Å². The van der Waals surface area contributed by atoms with E-state index in [4.69, 9.17) is 4.98 Å². The summed E-state index contributed by atoms with van der Waals surface area (Å²) >= 11 is 0. The van der Waals surface area contributed by atoms with Crippen LogP contribution in [0.4, 0.5) is 0 Å². The molecular weight excluding hydrogens is 480 g/mol. The minimum absolute atomic E-state index is 0.621. The van der Waals surface area contributed by atoms with E-state index < -0.39 is 14.3 Å². The van der Waals surface area contributed by atoms with Gasteiger partial charge in [-0.15, -0.1) is 0 Å². The Labute approximate surface area is 225 Å². The lowest BCUT2D eigenvalue weighted by atomic mass is 10.2. The van der Waals surface area contributed by atoms with Gasteiger partial charge in [0.05, 0.1) is 14.3 Å². The molecule has 1 aromatic heterocycles. The molecular formula is C31H59NO2P2. The lowest BCUT2D eigenvalue weighted by Gasteiger charge is -2.20. The van der Waals surface area contributed by atoms with Gasteiger partial charge in [0.1, 0.15) is 0 Å². The average molecular weight is 540 g/mol. The molecule has 3 nitrogen and oxygen atoms in total. The number of unbranched alkanes of at least 4 members (excludes halogenated alkanes) is 12. The first kappa shape index (κ1) is 33.6. The Balaban J connectivity index is 2.90. The van der Waals surface area contributed by atoms with Gasteiger partial charge in [0.25, 0.3) is 0 Å². The van der Waals surface area contributed by atoms with Crippen molar-refractivity contribution in [2.24, 2.45) is 0 Å². The van der Waals surface area contributed by atoms with Crippen molar-refractivity contribution >= 4 is 14.3 Å². The van der Waals surface area contributed by atoms with Gasteiger partial charge in [-0.1, -0.05) is 111 Å². The quantitative estimate of drug-likeness (QED) is 0.0969. The van der Waals surface area contributed by atoms with Crippen LogP contribution in [0.1, 0.15) is 142 Å². The summed E-state index contributed by atoms with van der Waals surface area (Å²) in [6.45, 7) is 8.91. The molecule has 0 amide bonds. The summed E-state index contributed by atoms with van der Waals surface area (Å²) in [6, 6.07) is 6.18. The van der Waals surface area contributed by atoms with Crippen LogP contribution in [0.25, 0.3) is 0 Å². The minimum Gasteiger partial charge on any atom is -0.323 e. The Hall–Kier alpha value is -0.390. The Morgan fingerprint density at radius 3 is 1.08 bits per heavy atom. The summed E-state index contributed by atoms with van der Waals surface area (Å²) in [5, 5.41) is 0. The second-order valence-electron chi connectivity index (χ2n) is 11.2. The van der Waals surface area contributed by atoms with Gasteiger partial charge in [-0.25, -0.2) is 0 Å².